The molecule has 5 aromatic rings. The molecule has 5 heteroatoms. The van der Waals surface area contributed by atoms with E-state index in [-0.39, 0.29) is 16.2 Å². The Hall–Kier alpha value is -3.70. The fourth-order valence-corrected chi connectivity index (χ4v) is 6.91. The molecule has 3 aromatic carbocycles. The monoisotopic (exact) mass is 617 g/mol. The fraction of sp³-hybridized carbons (Fsp3) is 0.400. The first-order valence-electron chi connectivity index (χ1n) is 16.1. The van der Waals surface area contributed by atoms with Gasteiger partial charge in [-0.2, -0.15) is 0 Å². The summed E-state index contributed by atoms with van der Waals surface area (Å²) in [5.74, 6) is 1.07. The first-order chi connectivity index (χ1) is 20.7. The number of aryl methyl sites for hydroxylation is 1. The van der Waals surface area contributed by atoms with E-state index in [0.29, 0.717) is 5.75 Å². The van der Waals surface area contributed by atoms with Crippen LogP contribution in [0.2, 0.25) is 19.6 Å². The van der Waals surface area contributed by atoms with E-state index in [9.17, 15) is 5.11 Å². The molecule has 0 saturated carbocycles. The number of para-hydroxylation sites is 1. The van der Waals surface area contributed by atoms with Crippen LogP contribution in [0.15, 0.2) is 66.9 Å². The summed E-state index contributed by atoms with van der Waals surface area (Å²) in [4.78, 5) is 10.2. The lowest BCUT2D eigenvalue weighted by molar-refractivity contribution is 0.446. The SMILES string of the molecule is Cn1c(-c2cc(C(C)(C)C)cc(C(C)(C)C)c2O)nc2c(-c3cc(-c4ccc([Si](C)(C)C)cn4)cc(C(C)(C)C)c3)cccc21. The number of aromatic hydroxyl groups is 1. The average Bonchev–Trinajstić information content (AvgIpc) is 3.27. The number of phenols is 1. The number of fused-ring (bicyclic) bond motifs is 1. The van der Waals surface area contributed by atoms with Gasteiger partial charge in [0.1, 0.15) is 11.6 Å². The first-order valence-corrected chi connectivity index (χ1v) is 19.6. The maximum Gasteiger partial charge on any atom is 0.144 e. The number of pyridine rings is 1. The van der Waals surface area contributed by atoms with Gasteiger partial charge in [-0.15, -0.1) is 0 Å². The molecule has 0 saturated heterocycles. The Kier molecular flexibility index (Phi) is 7.97. The first kappa shape index (κ1) is 32.7. The van der Waals surface area contributed by atoms with Gasteiger partial charge in [-0.05, 0) is 68.5 Å². The molecule has 4 nitrogen and oxygen atoms in total. The lowest BCUT2D eigenvalue weighted by atomic mass is 9.79. The van der Waals surface area contributed by atoms with Crippen LogP contribution in [-0.4, -0.2) is 27.7 Å². The van der Waals surface area contributed by atoms with E-state index in [1.807, 2.05) is 0 Å². The highest BCUT2D eigenvalue weighted by atomic mass is 28.3. The molecule has 236 valence electrons. The minimum atomic E-state index is -1.45. The van der Waals surface area contributed by atoms with Gasteiger partial charge in [-0.25, -0.2) is 4.98 Å². The second-order valence-corrected chi connectivity index (χ2v) is 21.9. The molecule has 2 heterocycles. The molecule has 0 bridgehead atoms. The Labute approximate surface area is 271 Å². The number of hydrogen-bond donors (Lipinski definition) is 1. The van der Waals surface area contributed by atoms with Crippen LogP contribution in [0.25, 0.3) is 44.8 Å². The average molecular weight is 618 g/mol. The number of nitrogens with zero attached hydrogens (tertiary/aromatic N) is 3. The standard InChI is InChI=1S/C40H51N3OSi/c1-38(2,3)27-20-25(19-26(21-27)33-18-17-29(24-41-33)45(11,12)13)30-15-14-16-34-35(30)42-37(43(34)10)31-22-28(39(4,5)6)23-32(36(31)44)40(7,8)9/h14-24,44H,1-13H3. The summed E-state index contributed by atoms with van der Waals surface area (Å²) in [6.45, 7) is 26.9. The zero-order valence-corrected chi connectivity index (χ0v) is 30.6. The molecular weight excluding hydrogens is 567 g/mol. The lowest BCUT2D eigenvalue weighted by Gasteiger charge is -2.27. The van der Waals surface area contributed by atoms with E-state index in [2.05, 4.69) is 160 Å². The van der Waals surface area contributed by atoms with Crippen molar-refractivity contribution >= 4 is 24.3 Å². The minimum Gasteiger partial charge on any atom is -0.507 e. The van der Waals surface area contributed by atoms with Crippen molar-refractivity contribution in [2.45, 2.75) is 98.2 Å². The van der Waals surface area contributed by atoms with Crippen molar-refractivity contribution in [3.8, 4) is 39.5 Å². The largest absolute Gasteiger partial charge is 0.507 e. The van der Waals surface area contributed by atoms with Crippen LogP contribution in [0.1, 0.15) is 79.0 Å². The quantitative estimate of drug-likeness (QED) is 0.204. The Balaban J connectivity index is 1.74. The minimum absolute atomic E-state index is 0.0469. The fourth-order valence-electron chi connectivity index (χ4n) is 5.87. The highest BCUT2D eigenvalue weighted by Gasteiger charge is 2.28. The van der Waals surface area contributed by atoms with Crippen LogP contribution < -0.4 is 5.19 Å². The molecule has 0 aliphatic carbocycles. The molecule has 1 N–H and O–H groups in total. The molecule has 5 rings (SSSR count). The van der Waals surface area contributed by atoms with Crippen LogP contribution in [0, 0.1) is 0 Å². The van der Waals surface area contributed by atoms with E-state index in [0.717, 1.165) is 50.4 Å². The zero-order chi connectivity index (χ0) is 33.3. The number of phenolic OH excluding ortho intramolecular Hbond substituents is 1. The van der Waals surface area contributed by atoms with Gasteiger partial charge in [0.2, 0.25) is 0 Å². The molecule has 45 heavy (non-hydrogen) atoms. The lowest BCUT2D eigenvalue weighted by Crippen LogP contribution is -2.37. The maximum absolute atomic E-state index is 11.7. The molecule has 0 atom stereocenters. The van der Waals surface area contributed by atoms with Gasteiger partial charge in [0.25, 0.3) is 0 Å². The van der Waals surface area contributed by atoms with Gasteiger partial charge in [0.15, 0.2) is 0 Å². The van der Waals surface area contributed by atoms with E-state index >= 15 is 0 Å². The molecule has 0 amide bonds. The second-order valence-electron chi connectivity index (χ2n) is 16.8. The van der Waals surface area contributed by atoms with Crippen LogP contribution in [0.4, 0.5) is 0 Å². The van der Waals surface area contributed by atoms with Crippen molar-refractivity contribution in [1.29, 1.82) is 0 Å². The van der Waals surface area contributed by atoms with E-state index in [4.69, 9.17) is 9.97 Å². The predicted octanol–water partition coefficient (Wildman–Crippen LogP) is 10.1. The molecule has 0 aliphatic heterocycles. The van der Waals surface area contributed by atoms with Crippen LogP contribution in [-0.2, 0) is 23.3 Å². The molecule has 0 aliphatic rings. The third-order valence-electron chi connectivity index (χ3n) is 8.97. The van der Waals surface area contributed by atoms with Crippen molar-refractivity contribution in [2.75, 3.05) is 0 Å². The Morgan fingerprint density at radius 3 is 1.87 bits per heavy atom. The molecule has 0 spiro atoms. The third kappa shape index (κ3) is 6.37. The molecule has 0 unspecified atom stereocenters. The van der Waals surface area contributed by atoms with E-state index < -0.39 is 8.07 Å². The smallest absolute Gasteiger partial charge is 0.144 e. The third-order valence-corrected chi connectivity index (χ3v) is 11.0. The Bertz CT molecular complexity index is 1890. The molecule has 0 radical (unpaired) electrons. The van der Waals surface area contributed by atoms with Gasteiger partial charge in [-0.1, -0.05) is 112 Å². The summed E-state index contributed by atoms with van der Waals surface area (Å²) >= 11 is 0. The number of imidazole rings is 1. The van der Waals surface area contributed by atoms with Gasteiger partial charge >= 0.3 is 0 Å². The highest BCUT2D eigenvalue weighted by Crippen LogP contribution is 2.43. The van der Waals surface area contributed by atoms with Crippen molar-refractivity contribution < 1.29 is 5.11 Å². The van der Waals surface area contributed by atoms with Crippen LogP contribution in [0.5, 0.6) is 5.75 Å². The summed E-state index contributed by atoms with van der Waals surface area (Å²) in [6.07, 6.45) is 2.07. The summed E-state index contributed by atoms with van der Waals surface area (Å²) in [5.41, 5.74) is 10.0. The Morgan fingerprint density at radius 1 is 0.689 bits per heavy atom. The van der Waals surface area contributed by atoms with E-state index in [1.165, 1.54) is 16.3 Å². The van der Waals surface area contributed by atoms with Gasteiger partial charge in [0, 0.05) is 29.9 Å². The summed E-state index contributed by atoms with van der Waals surface area (Å²) in [6, 6.07) is 22.0. The van der Waals surface area contributed by atoms with Gasteiger partial charge in [-0.3, -0.25) is 4.98 Å². The second kappa shape index (κ2) is 11.0. The highest BCUT2D eigenvalue weighted by molar-refractivity contribution is 6.88. The number of hydrogen-bond acceptors (Lipinski definition) is 3. The number of benzene rings is 3. The number of aromatic nitrogens is 3. The number of rotatable bonds is 4. The van der Waals surface area contributed by atoms with Crippen molar-refractivity contribution in [1.82, 2.24) is 14.5 Å². The van der Waals surface area contributed by atoms with Crippen LogP contribution in [0.3, 0.4) is 0 Å². The normalized spacial score (nSPS) is 13.1. The summed E-state index contributed by atoms with van der Waals surface area (Å²) in [5, 5.41) is 13.1. The van der Waals surface area contributed by atoms with Gasteiger partial charge in [0.05, 0.1) is 30.4 Å². The topological polar surface area (TPSA) is 50.9 Å². The Morgan fingerprint density at radius 2 is 1.31 bits per heavy atom. The van der Waals surface area contributed by atoms with Crippen LogP contribution >= 0.6 is 0 Å². The molecule has 2 aromatic heterocycles. The summed E-state index contributed by atoms with van der Waals surface area (Å²) in [7, 11) is 0.604. The maximum atomic E-state index is 11.7. The van der Waals surface area contributed by atoms with E-state index in [1.54, 1.807) is 0 Å². The van der Waals surface area contributed by atoms with Crippen molar-refractivity contribution in [3.05, 3.63) is 83.6 Å². The zero-order valence-electron chi connectivity index (χ0n) is 29.6. The molecule has 0 fully saturated rings. The molecular formula is C40H51N3OSi. The predicted molar refractivity (Wildman–Crippen MR) is 196 cm³/mol. The van der Waals surface area contributed by atoms with Crippen molar-refractivity contribution in [3.63, 3.8) is 0 Å². The summed E-state index contributed by atoms with van der Waals surface area (Å²) < 4.78 is 2.12. The van der Waals surface area contributed by atoms with Crippen molar-refractivity contribution in [2.24, 2.45) is 7.05 Å². The van der Waals surface area contributed by atoms with Gasteiger partial charge < -0.3 is 9.67 Å².